The van der Waals surface area contributed by atoms with E-state index in [1.54, 1.807) is 6.07 Å². The lowest BCUT2D eigenvalue weighted by Gasteiger charge is -2.16. The Morgan fingerprint density at radius 2 is 2.35 bits per heavy atom. The van der Waals surface area contributed by atoms with Gasteiger partial charge in [0, 0.05) is 23.3 Å². The highest BCUT2D eigenvalue weighted by Gasteiger charge is 2.48. The summed E-state index contributed by atoms with van der Waals surface area (Å²) >= 11 is 0. The van der Waals surface area contributed by atoms with E-state index in [9.17, 15) is 14.1 Å². The van der Waals surface area contributed by atoms with Crippen molar-refractivity contribution in [2.45, 2.75) is 32.2 Å². The molecule has 1 unspecified atom stereocenters. The van der Waals surface area contributed by atoms with Crippen molar-refractivity contribution >= 4 is 14.1 Å². The first-order valence-electron chi connectivity index (χ1n) is 5.72. The molecule has 1 saturated carbocycles. The number of anilines is 1. The fourth-order valence-electron chi connectivity index (χ4n) is 2.21. The van der Waals surface area contributed by atoms with Crippen LogP contribution in [0.5, 0.6) is 0 Å². The summed E-state index contributed by atoms with van der Waals surface area (Å²) < 4.78 is 29.5. The fourth-order valence-corrected chi connectivity index (χ4v) is 2.71. The van der Waals surface area contributed by atoms with Crippen molar-refractivity contribution in [3.63, 3.8) is 0 Å². The Labute approximate surface area is 117 Å². The number of aliphatic hydroxyl groups excluding tert-OH is 1. The van der Waals surface area contributed by atoms with E-state index in [0.29, 0.717) is 5.82 Å². The average Bonchev–Trinajstić information content (AvgIpc) is 2.68. The second kappa shape index (κ2) is 7.54. The van der Waals surface area contributed by atoms with Gasteiger partial charge in [0.15, 0.2) is 12.3 Å². The second-order valence-corrected chi connectivity index (χ2v) is 4.96. The minimum atomic E-state index is -2.90. The molecule has 2 rings (SSSR count). The molecule has 1 heterocycles. The highest BCUT2D eigenvalue weighted by Crippen LogP contribution is 2.37. The van der Waals surface area contributed by atoms with Gasteiger partial charge in [-0.15, -0.1) is 9.42 Å². The van der Waals surface area contributed by atoms with E-state index in [1.165, 1.54) is 12.5 Å². The molecule has 0 saturated heterocycles. The van der Waals surface area contributed by atoms with Crippen LogP contribution in [0.3, 0.4) is 0 Å². The lowest BCUT2D eigenvalue weighted by molar-refractivity contribution is 0.0612. The Hall–Kier alpha value is -1.21. The van der Waals surface area contributed by atoms with Gasteiger partial charge in [0.1, 0.15) is 12.1 Å². The standard InChI is InChI=1S/C10H13FN3O4P.CH4/c11-9-7(14-8-1-2-12-5-13-8)3-6(4-15)10(9)18-19(16)17;/h1-2,5-7,9-10,15H,3-4H2,(H-,12,13,14,16,17);1H4/p+1/t6-,7-,9+,10-;/m1./s1. The molecule has 5 atom stereocenters. The monoisotopic (exact) mass is 306 g/mol. The Kier molecular flexibility index (Phi) is 6.35. The van der Waals surface area contributed by atoms with Crippen LogP contribution < -0.4 is 5.32 Å². The first-order valence-corrected chi connectivity index (χ1v) is 6.85. The van der Waals surface area contributed by atoms with Gasteiger partial charge in [0.2, 0.25) is 0 Å². The number of aliphatic hydroxyl groups is 1. The van der Waals surface area contributed by atoms with Crippen LogP contribution in [0.1, 0.15) is 13.8 Å². The van der Waals surface area contributed by atoms with Gasteiger partial charge in [-0.2, -0.15) is 0 Å². The molecule has 0 radical (unpaired) electrons. The van der Waals surface area contributed by atoms with Crippen LogP contribution in [0.25, 0.3) is 0 Å². The Balaban J connectivity index is 0.00000200. The lowest BCUT2D eigenvalue weighted by Crippen LogP contribution is -2.33. The smallest absolute Gasteiger partial charge is 0.396 e. The van der Waals surface area contributed by atoms with Crippen LogP contribution in [0.15, 0.2) is 18.6 Å². The van der Waals surface area contributed by atoms with E-state index in [-0.39, 0.29) is 20.5 Å². The molecule has 112 valence electrons. The summed E-state index contributed by atoms with van der Waals surface area (Å²) in [4.78, 5) is 16.4. The van der Waals surface area contributed by atoms with E-state index in [0.717, 1.165) is 0 Å². The first-order chi connectivity index (χ1) is 9.11. The van der Waals surface area contributed by atoms with Crippen molar-refractivity contribution in [2.24, 2.45) is 5.92 Å². The molecule has 3 N–H and O–H groups in total. The van der Waals surface area contributed by atoms with Crippen LogP contribution in [0.4, 0.5) is 10.2 Å². The van der Waals surface area contributed by atoms with Gasteiger partial charge < -0.3 is 10.4 Å². The van der Waals surface area contributed by atoms with Crippen LogP contribution in [0, 0.1) is 5.92 Å². The number of alkyl halides is 1. The molecule has 1 aromatic heterocycles. The van der Waals surface area contributed by atoms with E-state index in [2.05, 4.69) is 19.8 Å². The quantitative estimate of drug-likeness (QED) is 0.704. The fraction of sp³-hybridized carbons (Fsp3) is 0.636. The summed E-state index contributed by atoms with van der Waals surface area (Å²) in [6.45, 7) is -0.309. The SMILES string of the molecule is C.O=[P+](O)O[C@@H]1[C@@H](CO)C[C@@H](Nc2ccncn2)[C@@H]1F. The first kappa shape index (κ1) is 16.8. The van der Waals surface area contributed by atoms with Crippen molar-refractivity contribution in [1.29, 1.82) is 0 Å². The zero-order valence-corrected chi connectivity index (χ0v) is 10.8. The van der Waals surface area contributed by atoms with E-state index >= 15 is 0 Å². The van der Waals surface area contributed by atoms with Crippen LogP contribution in [-0.2, 0) is 9.09 Å². The summed E-state index contributed by atoms with van der Waals surface area (Å²) in [5, 5.41) is 12.0. The van der Waals surface area contributed by atoms with Gasteiger partial charge in [-0.3, -0.25) is 0 Å². The predicted octanol–water partition coefficient (Wildman–Crippen LogP) is 1.28. The molecular weight excluding hydrogens is 288 g/mol. The van der Waals surface area contributed by atoms with Gasteiger partial charge in [-0.25, -0.2) is 14.4 Å². The molecule has 1 aromatic rings. The summed E-state index contributed by atoms with van der Waals surface area (Å²) in [5.41, 5.74) is 0. The highest BCUT2D eigenvalue weighted by molar-refractivity contribution is 7.32. The van der Waals surface area contributed by atoms with Gasteiger partial charge in [0.05, 0.1) is 6.04 Å². The molecule has 0 amide bonds. The van der Waals surface area contributed by atoms with Gasteiger partial charge in [-0.1, -0.05) is 7.43 Å². The number of hydrogen-bond acceptors (Lipinski definition) is 6. The third-order valence-corrected chi connectivity index (χ3v) is 3.50. The molecule has 20 heavy (non-hydrogen) atoms. The maximum atomic E-state index is 14.2. The van der Waals surface area contributed by atoms with Crippen molar-refractivity contribution in [2.75, 3.05) is 11.9 Å². The van der Waals surface area contributed by atoms with Crippen molar-refractivity contribution < 1.29 is 23.5 Å². The summed E-state index contributed by atoms with van der Waals surface area (Å²) in [6.07, 6.45) is 0.526. The molecule has 0 aliphatic heterocycles. The molecular formula is C11H18FN3O4P+. The largest absolute Gasteiger partial charge is 0.695 e. The minimum Gasteiger partial charge on any atom is -0.396 e. The molecule has 1 fully saturated rings. The summed E-state index contributed by atoms with van der Waals surface area (Å²) in [7, 11) is -2.90. The van der Waals surface area contributed by atoms with E-state index < -0.39 is 32.5 Å². The Bertz CT molecular complexity index is 439. The predicted molar refractivity (Wildman–Crippen MR) is 71.0 cm³/mol. The van der Waals surface area contributed by atoms with E-state index in [4.69, 9.17) is 4.89 Å². The third kappa shape index (κ3) is 3.89. The average molecular weight is 306 g/mol. The topological polar surface area (TPSA) is 105 Å². The molecule has 1 aliphatic rings. The molecule has 9 heteroatoms. The van der Waals surface area contributed by atoms with Crippen LogP contribution in [0.2, 0.25) is 0 Å². The zero-order valence-electron chi connectivity index (χ0n) is 9.89. The van der Waals surface area contributed by atoms with Gasteiger partial charge >= 0.3 is 8.25 Å². The maximum absolute atomic E-state index is 14.2. The molecule has 7 nitrogen and oxygen atoms in total. The molecule has 0 bridgehead atoms. The number of nitrogens with zero attached hydrogens (tertiary/aromatic N) is 2. The van der Waals surface area contributed by atoms with Gasteiger partial charge in [-0.05, 0) is 12.5 Å². The summed E-state index contributed by atoms with van der Waals surface area (Å²) in [6, 6.07) is 0.952. The normalized spacial score (nSPS) is 29.6. The molecule has 0 aromatic carbocycles. The Morgan fingerprint density at radius 3 is 2.90 bits per heavy atom. The number of nitrogens with one attached hydrogen (secondary N) is 1. The van der Waals surface area contributed by atoms with Crippen LogP contribution >= 0.6 is 8.25 Å². The second-order valence-electron chi connectivity index (χ2n) is 4.28. The zero-order chi connectivity index (χ0) is 13.8. The number of halogens is 1. The Morgan fingerprint density at radius 1 is 1.60 bits per heavy atom. The molecule has 0 spiro atoms. The summed E-state index contributed by atoms with van der Waals surface area (Å²) in [5.74, 6) is -0.0752. The van der Waals surface area contributed by atoms with Gasteiger partial charge in [0.25, 0.3) is 0 Å². The number of aromatic nitrogens is 2. The maximum Gasteiger partial charge on any atom is 0.695 e. The minimum absolute atomic E-state index is 0. The van der Waals surface area contributed by atoms with Crippen LogP contribution in [-0.4, -0.2) is 44.9 Å². The highest BCUT2D eigenvalue weighted by atomic mass is 31.1. The van der Waals surface area contributed by atoms with E-state index in [1.807, 2.05) is 0 Å². The van der Waals surface area contributed by atoms with Crippen molar-refractivity contribution in [1.82, 2.24) is 9.97 Å². The number of rotatable bonds is 5. The number of hydrogen-bond donors (Lipinski definition) is 3. The third-order valence-electron chi connectivity index (χ3n) is 3.08. The molecule has 1 aliphatic carbocycles. The van der Waals surface area contributed by atoms with Crippen molar-refractivity contribution in [3.05, 3.63) is 18.6 Å². The lowest BCUT2D eigenvalue weighted by atomic mass is 10.1. The van der Waals surface area contributed by atoms with Crippen molar-refractivity contribution in [3.8, 4) is 0 Å².